The zero-order chi connectivity index (χ0) is 20.0. The van der Waals surface area contributed by atoms with Crippen molar-refractivity contribution in [1.29, 1.82) is 0 Å². The Balaban J connectivity index is 2.00. The minimum atomic E-state index is -0.633. The Bertz CT molecular complexity index is 859. The molecular weight excluding hydrogens is 344 g/mol. The highest BCUT2D eigenvalue weighted by molar-refractivity contribution is 5.97. The third-order valence-electron chi connectivity index (χ3n) is 3.94. The smallest absolute Gasteiger partial charge is 0.338 e. The summed E-state index contributed by atoms with van der Waals surface area (Å²) in [5, 5.41) is 5.43. The molecule has 2 aromatic carbocycles. The van der Waals surface area contributed by atoms with Gasteiger partial charge in [-0.25, -0.2) is 4.79 Å². The Kier molecular flexibility index (Phi) is 6.71. The molecule has 27 heavy (non-hydrogen) atoms. The monoisotopic (exact) mass is 368 g/mol. The van der Waals surface area contributed by atoms with E-state index in [-0.39, 0.29) is 17.4 Å². The van der Waals surface area contributed by atoms with Crippen molar-refractivity contribution in [2.24, 2.45) is 0 Å². The van der Waals surface area contributed by atoms with Crippen LogP contribution in [0.2, 0.25) is 0 Å². The number of amides is 2. The molecule has 2 rings (SSSR count). The number of aryl methyl sites for hydroxylation is 1. The lowest BCUT2D eigenvalue weighted by molar-refractivity contribution is -0.119. The van der Waals surface area contributed by atoms with Gasteiger partial charge in [-0.2, -0.15) is 0 Å². The van der Waals surface area contributed by atoms with E-state index < -0.39 is 18.5 Å². The van der Waals surface area contributed by atoms with Crippen LogP contribution in [0.5, 0.6) is 0 Å². The van der Waals surface area contributed by atoms with E-state index in [1.807, 2.05) is 39.0 Å². The first-order valence-corrected chi connectivity index (χ1v) is 8.72. The first kappa shape index (κ1) is 20.2. The number of anilines is 2. The molecule has 0 saturated heterocycles. The van der Waals surface area contributed by atoms with Gasteiger partial charge in [0.15, 0.2) is 6.61 Å². The van der Waals surface area contributed by atoms with Crippen LogP contribution in [0.4, 0.5) is 11.4 Å². The number of benzene rings is 2. The van der Waals surface area contributed by atoms with Gasteiger partial charge in [0.25, 0.3) is 5.91 Å². The minimum Gasteiger partial charge on any atom is -0.452 e. The third kappa shape index (κ3) is 5.67. The second-order valence-electron chi connectivity index (χ2n) is 6.58. The van der Waals surface area contributed by atoms with Crippen molar-refractivity contribution in [2.45, 2.75) is 33.6 Å². The normalized spacial score (nSPS) is 10.4. The second kappa shape index (κ2) is 8.98. The van der Waals surface area contributed by atoms with E-state index in [1.165, 1.54) is 13.0 Å². The van der Waals surface area contributed by atoms with Gasteiger partial charge >= 0.3 is 5.97 Å². The summed E-state index contributed by atoms with van der Waals surface area (Å²) in [5.41, 5.74) is 3.47. The summed E-state index contributed by atoms with van der Waals surface area (Å²) >= 11 is 0. The summed E-state index contributed by atoms with van der Waals surface area (Å²) in [4.78, 5) is 35.5. The van der Waals surface area contributed by atoms with Crippen molar-refractivity contribution in [2.75, 3.05) is 17.2 Å². The molecule has 0 bridgehead atoms. The van der Waals surface area contributed by atoms with Crippen LogP contribution in [-0.2, 0) is 14.3 Å². The zero-order valence-corrected chi connectivity index (χ0v) is 16.0. The fraction of sp³-hybridized carbons (Fsp3) is 0.286. The van der Waals surface area contributed by atoms with Crippen LogP contribution >= 0.6 is 0 Å². The molecule has 142 valence electrons. The predicted octanol–water partition coefficient (Wildman–Crippen LogP) is 3.87. The van der Waals surface area contributed by atoms with Crippen molar-refractivity contribution in [3.63, 3.8) is 0 Å². The fourth-order valence-corrected chi connectivity index (χ4v) is 2.66. The average Bonchev–Trinajstić information content (AvgIpc) is 2.60. The summed E-state index contributed by atoms with van der Waals surface area (Å²) < 4.78 is 5.10. The molecule has 0 heterocycles. The molecule has 0 fully saturated rings. The molecule has 0 aromatic heterocycles. The van der Waals surface area contributed by atoms with Crippen LogP contribution in [-0.4, -0.2) is 24.4 Å². The first-order chi connectivity index (χ1) is 12.8. The zero-order valence-electron chi connectivity index (χ0n) is 16.0. The number of esters is 1. The number of hydrogen-bond acceptors (Lipinski definition) is 4. The van der Waals surface area contributed by atoms with Gasteiger partial charge in [0.1, 0.15) is 0 Å². The highest BCUT2D eigenvalue weighted by Gasteiger charge is 2.15. The number of hydrogen-bond donors (Lipinski definition) is 2. The topological polar surface area (TPSA) is 84.5 Å². The van der Waals surface area contributed by atoms with E-state index in [2.05, 4.69) is 10.6 Å². The quantitative estimate of drug-likeness (QED) is 0.758. The van der Waals surface area contributed by atoms with Crippen molar-refractivity contribution in [1.82, 2.24) is 0 Å². The van der Waals surface area contributed by atoms with Crippen LogP contribution in [0.3, 0.4) is 0 Å². The molecule has 6 heteroatoms. The van der Waals surface area contributed by atoms with Gasteiger partial charge < -0.3 is 15.4 Å². The van der Waals surface area contributed by atoms with Crippen LogP contribution in [0.1, 0.15) is 48.2 Å². The molecule has 0 unspecified atom stereocenters. The molecule has 0 aliphatic heterocycles. The van der Waals surface area contributed by atoms with Gasteiger partial charge in [0, 0.05) is 18.3 Å². The highest BCUT2D eigenvalue weighted by Crippen LogP contribution is 2.27. The van der Waals surface area contributed by atoms with Crippen LogP contribution in [0, 0.1) is 6.92 Å². The van der Waals surface area contributed by atoms with Crippen molar-refractivity contribution in [3.8, 4) is 0 Å². The molecule has 0 radical (unpaired) electrons. The molecule has 6 nitrogen and oxygen atoms in total. The number of ether oxygens (including phenoxy) is 1. The van der Waals surface area contributed by atoms with Gasteiger partial charge in [-0.05, 0) is 42.2 Å². The van der Waals surface area contributed by atoms with Crippen LogP contribution in [0.15, 0.2) is 42.5 Å². The lowest BCUT2D eigenvalue weighted by Gasteiger charge is -2.16. The van der Waals surface area contributed by atoms with E-state index in [4.69, 9.17) is 4.74 Å². The SMILES string of the molecule is CC(=O)Nc1cccc(C(=O)OCC(=O)Nc2c(C)cccc2C(C)C)c1. The lowest BCUT2D eigenvalue weighted by Crippen LogP contribution is -2.22. The Morgan fingerprint density at radius 2 is 1.74 bits per heavy atom. The minimum absolute atomic E-state index is 0.237. The summed E-state index contributed by atoms with van der Waals surface area (Å²) in [7, 11) is 0. The van der Waals surface area contributed by atoms with E-state index in [0.29, 0.717) is 5.69 Å². The molecule has 2 aromatic rings. The standard InChI is InChI=1S/C21H24N2O4/c1-13(2)18-10-5-7-14(3)20(18)23-19(25)12-27-21(26)16-8-6-9-17(11-16)22-15(4)24/h5-11,13H,12H2,1-4H3,(H,22,24)(H,23,25). The molecule has 0 aliphatic carbocycles. The Hall–Kier alpha value is -3.15. The van der Waals surface area contributed by atoms with E-state index in [0.717, 1.165) is 16.8 Å². The second-order valence-corrected chi connectivity index (χ2v) is 6.58. The maximum atomic E-state index is 12.2. The molecule has 0 atom stereocenters. The Labute approximate surface area is 158 Å². The van der Waals surface area contributed by atoms with Crippen molar-refractivity contribution >= 4 is 29.2 Å². The number of rotatable bonds is 6. The third-order valence-corrected chi connectivity index (χ3v) is 3.94. The lowest BCUT2D eigenvalue weighted by atomic mass is 9.98. The molecule has 2 N–H and O–H groups in total. The van der Waals surface area contributed by atoms with Crippen LogP contribution < -0.4 is 10.6 Å². The summed E-state index contributed by atoms with van der Waals surface area (Å²) in [5.74, 6) is -1.03. The van der Waals surface area contributed by atoms with E-state index in [1.54, 1.807) is 18.2 Å². The maximum Gasteiger partial charge on any atom is 0.338 e. The molecule has 0 saturated carbocycles. The Morgan fingerprint density at radius 1 is 1.04 bits per heavy atom. The van der Waals surface area contributed by atoms with Crippen LogP contribution in [0.25, 0.3) is 0 Å². The number of nitrogens with one attached hydrogen (secondary N) is 2. The summed E-state index contributed by atoms with van der Waals surface area (Å²) in [6, 6.07) is 12.2. The number of para-hydroxylation sites is 1. The first-order valence-electron chi connectivity index (χ1n) is 8.72. The predicted molar refractivity (Wildman–Crippen MR) is 105 cm³/mol. The molecule has 0 spiro atoms. The maximum absolute atomic E-state index is 12.2. The number of carbonyl (C=O) groups is 3. The van der Waals surface area contributed by atoms with E-state index >= 15 is 0 Å². The average molecular weight is 368 g/mol. The van der Waals surface area contributed by atoms with Gasteiger partial charge in [0.2, 0.25) is 5.91 Å². The summed E-state index contributed by atoms with van der Waals surface area (Å²) in [6.07, 6.45) is 0. The fourth-order valence-electron chi connectivity index (χ4n) is 2.66. The molecule has 2 amide bonds. The van der Waals surface area contributed by atoms with Gasteiger partial charge in [-0.1, -0.05) is 38.1 Å². The van der Waals surface area contributed by atoms with E-state index in [9.17, 15) is 14.4 Å². The summed E-state index contributed by atoms with van der Waals surface area (Å²) in [6.45, 7) is 7.00. The Morgan fingerprint density at radius 3 is 2.41 bits per heavy atom. The highest BCUT2D eigenvalue weighted by atomic mass is 16.5. The van der Waals surface area contributed by atoms with Gasteiger partial charge in [-0.15, -0.1) is 0 Å². The molecule has 0 aliphatic rings. The number of carbonyl (C=O) groups excluding carboxylic acids is 3. The van der Waals surface area contributed by atoms with Crippen molar-refractivity contribution < 1.29 is 19.1 Å². The van der Waals surface area contributed by atoms with Gasteiger partial charge in [0.05, 0.1) is 5.56 Å². The molecular formula is C21H24N2O4. The van der Waals surface area contributed by atoms with Crippen molar-refractivity contribution in [3.05, 3.63) is 59.2 Å². The largest absolute Gasteiger partial charge is 0.452 e. The van der Waals surface area contributed by atoms with Gasteiger partial charge in [-0.3, -0.25) is 9.59 Å².